The van der Waals surface area contributed by atoms with Crippen LogP contribution in [0.1, 0.15) is 20.3 Å². The zero-order valence-electron chi connectivity index (χ0n) is 11.9. The molecule has 1 rings (SSSR count). The molecule has 0 radical (unpaired) electrons. The van der Waals surface area contributed by atoms with Gasteiger partial charge in [0.15, 0.2) is 0 Å². The third kappa shape index (κ3) is 5.34. The minimum Gasteiger partial charge on any atom is -0.396 e. The van der Waals surface area contributed by atoms with Crippen LogP contribution in [0.25, 0.3) is 0 Å². The van der Waals surface area contributed by atoms with Crippen LogP contribution in [0, 0.1) is 0 Å². The lowest BCUT2D eigenvalue weighted by Crippen LogP contribution is -2.50. The molecule has 1 aliphatic heterocycles. The van der Waals surface area contributed by atoms with Crippen LogP contribution < -0.4 is 0 Å². The van der Waals surface area contributed by atoms with E-state index in [1.165, 1.54) is 0 Å². The second-order valence-electron chi connectivity index (χ2n) is 4.76. The molecule has 1 N–H and O–H groups in total. The van der Waals surface area contributed by atoms with Crippen molar-refractivity contribution < 1.29 is 18.7 Å². The SMILES string of the molecule is CCO[Si](C)(CCCO)OC(C)N1CCOCC1. The molecule has 2 atom stereocenters. The highest BCUT2D eigenvalue weighted by Crippen LogP contribution is 2.19. The number of hydrogen-bond donors (Lipinski definition) is 1. The Morgan fingerprint density at radius 2 is 2.06 bits per heavy atom. The summed E-state index contributed by atoms with van der Waals surface area (Å²) in [5, 5.41) is 8.96. The van der Waals surface area contributed by atoms with Crippen LogP contribution >= 0.6 is 0 Å². The monoisotopic (exact) mass is 277 g/mol. The molecule has 0 bridgehead atoms. The summed E-state index contributed by atoms with van der Waals surface area (Å²) >= 11 is 0. The van der Waals surface area contributed by atoms with E-state index in [2.05, 4.69) is 18.4 Å². The second kappa shape index (κ2) is 8.24. The average Bonchev–Trinajstić information content (AvgIpc) is 2.38. The maximum atomic E-state index is 8.96. The molecule has 1 aliphatic rings. The maximum absolute atomic E-state index is 8.96. The number of rotatable bonds is 8. The van der Waals surface area contributed by atoms with Crippen molar-refractivity contribution in [3.63, 3.8) is 0 Å². The minimum absolute atomic E-state index is 0.0656. The topological polar surface area (TPSA) is 51.2 Å². The van der Waals surface area contributed by atoms with Crippen LogP contribution in [-0.2, 0) is 13.6 Å². The number of aliphatic hydroxyl groups is 1. The molecule has 0 aromatic rings. The Morgan fingerprint density at radius 1 is 1.39 bits per heavy atom. The second-order valence-corrected chi connectivity index (χ2v) is 8.05. The van der Waals surface area contributed by atoms with Crippen LogP contribution in [0.15, 0.2) is 0 Å². The van der Waals surface area contributed by atoms with Crippen molar-refractivity contribution in [3.8, 4) is 0 Å². The van der Waals surface area contributed by atoms with Crippen molar-refractivity contribution in [1.29, 1.82) is 0 Å². The van der Waals surface area contributed by atoms with Crippen molar-refractivity contribution >= 4 is 8.56 Å². The lowest BCUT2D eigenvalue weighted by molar-refractivity contribution is -0.0518. The predicted molar refractivity (Wildman–Crippen MR) is 72.7 cm³/mol. The fourth-order valence-corrected chi connectivity index (χ4v) is 4.86. The van der Waals surface area contributed by atoms with Crippen molar-refractivity contribution in [3.05, 3.63) is 0 Å². The molecule has 108 valence electrons. The van der Waals surface area contributed by atoms with Gasteiger partial charge in [-0.1, -0.05) is 0 Å². The average molecular weight is 277 g/mol. The normalized spacial score (nSPS) is 22.7. The first-order valence-corrected chi connectivity index (χ1v) is 9.38. The summed E-state index contributed by atoms with van der Waals surface area (Å²) in [7, 11) is -2.16. The lowest BCUT2D eigenvalue weighted by atomic mass is 10.4. The quantitative estimate of drug-likeness (QED) is 0.675. The Hall–Kier alpha value is 0.0169. The lowest BCUT2D eigenvalue weighted by Gasteiger charge is -2.37. The molecule has 0 aliphatic carbocycles. The summed E-state index contributed by atoms with van der Waals surface area (Å²) in [6, 6.07) is 0.839. The first-order valence-electron chi connectivity index (χ1n) is 6.85. The highest BCUT2D eigenvalue weighted by molar-refractivity contribution is 6.66. The van der Waals surface area contributed by atoms with Crippen molar-refractivity contribution in [2.24, 2.45) is 0 Å². The van der Waals surface area contributed by atoms with E-state index in [9.17, 15) is 0 Å². The molecular formula is C12H27NO4Si. The van der Waals surface area contributed by atoms with Crippen molar-refractivity contribution in [2.75, 3.05) is 39.5 Å². The molecule has 1 fully saturated rings. The Balaban J connectivity index is 2.47. The van der Waals surface area contributed by atoms with Crippen LogP contribution in [0.3, 0.4) is 0 Å². The molecule has 1 saturated heterocycles. The van der Waals surface area contributed by atoms with Crippen LogP contribution in [0.5, 0.6) is 0 Å². The number of morpholine rings is 1. The van der Waals surface area contributed by atoms with Gasteiger partial charge in [-0.25, -0.2) is 0 Å². The standard InChI is InChI=1S/C12H27NO4Si/c1-4-16-18(3,11-5-8-14)17-12(2)13-6-9-15-10-7-13/h12,14H,4-11H2,1-3H3. The Labute approximate surface area is 111 Å². The van der Waals surface area contributed by atoms with E-state index < -0.39 is 8.56 Å². The van der Waals surface area contributed by atoms with E-state index in [1.807, 2.05) is 6.92 Å². The van der Waals surface area contributed by atoms with Gasteiger partial charge in [-0.2, -0.15) is 0 Å². The molecule has 5 nitrogen and oxygen atoms in total. The molecule has 0 aromatic carbocycles. The Kier molecular flexibility index (Phi) is 7.36. The summed E-state index contributed by atoms with van der Waals surface area (Å²) < 4.78 is 17.4. The minimum atomic E-state index is -2.16. The van der Waals surface area contributed by atoms with Gasteiger partial charge < -0.3 is 18.7 Å². The molecule has 6 heteroatoms. The van der Waals surface area contributed by atoms with Gasteiger partial charge in [0, 0.05) is 26.3 Å². The molecule has 0 amide bonds. The van der Waals surface area contributed by atoms with Crippen molar-refractivity contribution in [1.82, 2.24) is 4.90 Å². The Morgan fingerprint density at radius 3 is 2.61 bits per heavy atom. The zero-order valence-corrected chi connectivity index (χ0v) is 12.9. The summed E-state index contributed by atoms with van der Waals surface area (Å²) in [4.78, 5) is 2.28. The van der Waals surface area contributed by atoms with Gasteiger partial charge in [-0.05, 0) is 32.9 Å². The van der Waals surface area contributed by atoms with Gasteiger partial charge in [0.25, 0.3) is 0 Å². The Bertz CT molecular complexity index is 226. The molecule has 2 unspecified atom stereocenters. The predicted octanol–water partition coefficient (Wildman–Crippen LogP) is 1.17. The maximum Gasteiger partial charge on any atom is 0.336 e. The van der Waals surface area contributed by atoms with E-state index in [4.69, 9.17) is 18.7 Å². The number of nitrogens with zero attached hydrogens (tertiary/aromatic N) is 1. The van der Waals surface area contributed by atoms with Crippen molar-refractivity contribution in [2.45, 2.75) is 39.1 Å². The van der Waals surface area contributed by atoms with Gasteiger partial charge in [-0.3, -0.25) is 4.90 Å². The van der Waals surface area contributed by atoms with Gasteiger partial charge in [0.1, 0.15) is 0 Å². The highest BCUT2D eigenvalue weighted by atomic mass is 28.4. The van der Waals surface area contributed by atoms with E-state index >= 15 is 0 Å². The van der Waals surface area contributed by atoms with E-state index in [0.29, 0.717) is 6.61 Å². The fourth-order valence-electron chi connectivity index (χ4n) is 2.25. The van der Waals surface area contributed by atoms with Gasteiger partial charge in [-0.15, -0.1) is 0 Å². The summed E-state index contributed by atoms with van der Waals surface area (Å²) in [6.45, 7) is 10.4. The fraction of sp³-hybridized carbons (Fsp3) is 1.00. The van der Waals surface area contributed by atoms with Crippen LogP contribution in [-0.4, -0.2) is 64.3 Å². The molecule has 1 heterocycles. The first-order chi connectivity index (χ1) is 8.61. The van der Waals surface area contributed by atoms with Gasteiger partial charge >= 0.3 is 8.56 Å². The summed E-state index contributed by atoms with van der Waals surface area (Å²) in [5.41, 5.74) is 0. The highest BCUT2D eigenvalue weighted by Gasteiger charge is 2.34. The number of hydrogen-bond acceptors (Lipinski definition) is 5. The van der Waals surface area contributed by atoms with Crippen LogP contribution in [0.2, 0.25) is 12.6 Å². The number of ether oxygens (including phenoxy) is 1. The smallest absolute Gasteiger partial charge is 0.336 e. The third-order valence-electron chi connectivity index (χ3n) is 3.22. The number of aliphatic hydroxyl groups excluding tert-OH is 1. The van der Waals surface area contributed by atoms with Gasteiger partial charge in [0.2, 0.25) is 0 Å². The summed E-state index contributed by atoms with van der Waals surface area (Å²) in [6.07, 6.45) is 0.814. The van der Waals surface area contributed by atoms with Gasteiger partial charge in [0.05, 0.1) is 19.4 Å². The van der Waals surface area contributed by atoms with E-state index in [1.54, 1.807) is 0 Å². The van der Waals surface area contributed by atoms with E-state index in [0.717, 1.165) is 38.8 Å². The summed E-state index contributed by atoms with van der Waals surface area (Å²) in [5.74, 6) is 0. The molecule has 0 spiro atoms. The largest absolute Gasteiger partial charge is 0.396 e. The molecule has 0 aromatic heterocycles. The molecule has 18 heavy (non-hydrogen) atoms. The third-order valence-corrected chi connectivity index (χ3v) is 6.22. The zero-order chi connectivity index (χ0) is 13.4. The van der Waals surface area contributed by atoms with E-state index in [-0.39, 0.29) is 12.8 Å². The molecule has 0 saturated carbocycles. The van der Waals surface area contributed by atoms with Crippen LogP contribution in [0.4, 0.5) is 0 Å². The first kappa shape index (κ1) is 16.1. The molecular weight excluding hydrogens is 250 g/mol.